The van der Waals surface area contributed by atoms with Crippen molar-refractivity contribution in [1.82, 2.24) is 26.6 Å². The molecule has 0 saturated heterocycles. The number of hydrogen-bond donors (Lipinski definition) is 8. The van der Waals surface area contributed by atoms with Crippen LogP contribution in [0.15, 0.2) is 0 Å². The molecule has 7 N–H and O–H groups in total. The third-order valence-corrected chi connectivity index (χ3v) is 6.96. The molecule has 0 rings (SSSR count). The van der Waals surface area contributed by atoms with Crippen LogP contribution in [0.2, 0.25) is 0 Å². The van der Waals surface area contributed by atoms with Gasteiger partial charge in [0.25, 0.3) is 0 Å². The number of amides is 5. The van der Waals surface area contributed by atoms with Crippen molar-refractivity contribution in [3.8, 4) is 0 Å². The lowest BCUT2D eigenvalue weighted by atomic mass is 9.91. The van der Waals surface area contributed by atoms with Crippen molar-refractivity contribution in [2.24, 2.45) is 23.7 Å². The summed E-state index contributed by atoms with van der Waals surface area (Å²) >= 11 is 4.21. The minimum Gasteiger partial charge on any atom is -0.465 e. The van der Waals surface area contributed by atoms with E-state index in [1.165, 1.54) is 0 Å². The predicted molar refractivity (Wildman–Crippen MR) is 171 cm³/mol. The second kappa shape index (κ2) is 20.4. The van der Waals surface area contributed by atoms with Gasteiger partial charge in [-0.05, 0) is 69.5 Å². The van der Waals surface area contributed by atoms with E-state index in [0.29, 0.717) is 12.8 Å². The van der Waals surface area contributed by atoms with Crippen molar-refractivity contribution in [1.29, 1.82) is 0 Å². The first-order chi connectivity index (χ1) is 19.9. The summed E-state index contributed by atoms with van der Waals surface area (Å²) in [7, 11) is 0. The molecule has 0 radical (unpaired) electrons. The molecule has 0 aromatic heterocycles. The van der Waals surface area contributed by atoms with Gasteiger partial charge < -0.3 is 36.8 Å². The maximum absolute atomic E-state index is 13.3. The molecule has 250 valence electrons. The van der Waals surface area contributed by atoms with Crippen LogP contribution in [0.1, 0.15) is 94.4 Å². The molecule has 0 fully saturated rings. The van der Waals surface area contributed by atoms with Crippen LogP contribution in [0, 0.1) is 23.7 Å². The lowest BCUT2D eigenvalue weighted by Crippen LogP contribution is -2.56. The normalized spacial score (nSPS) is 15.8. The zero-order chi connectivity index (χ0) is 33.4. The molecule has 0 unspecified atom stereocenters. The number of nitrogens with one attached hydrogen (secondary N) is 5. The number of aliphatic hydroxyl groups excluding tert-OH is 1. The van der Waals surface area contributed by atoms with Gasteiger partial charge in [0.05, 0.1) is 12.1 Å². The highest BCUT2D eigenvalue weighted by atomic mass is 32.1. The first-order valence-electron chi connectivity index (χ1n) is 15.4. The van der Waals surface area contributed by atoms with Gasteiger partial charge in [-0.25, -0.2) is 4.79 Å². The van der Waals surface area contributed by atoms with E-state index in [1.54, 1.807) is 6.92 Å². The van der Waals surface area contributed by atoms with Crippen molar-refractivity contribution in [2.75, 3.05) is 5.75 Å². The van der Waals surface area contributed by atoms with E-state index in [0.717, 1.165) is 0 Å². The fraction of sp³-hybridized carbons (Fsp3) is 0.833. The number of rotatable bonds is 20. The van der Waals surface area contributed by atoms with E-state index in [2.05, 4.69) is 39.2 Å². The van der Waals surface area contributed by atoms with Gasteiger partial charge in [-0.1, -0.05) is 48.5 Å². The molecule has 0 bridgehead atoms. The third kappa shape index (κ3) is 17.4. The summed E-state index contributed by atoms with van der Waals surface area (Å²) in [6, 6.07) is -3.55. The van der Waals surface area contributed by atoms with Gasteiger partial charge in [-0.3, -0.25) is 19.2 Å². The molecule has 0 spiro atoms. The van der Waals surface area contributed by atoms with Crippen LogP contribution in [0.5, 0.6) is 0 Å². The molecular weight excluding hydrogens is 574 g/mol. The Bertz CT molecular complexity index is 900. The number of carbonyl (C=O) groups excluding carboxylic acids is 4. The van der Waals surface area contributed by atoms with Crippen LogP contribution < -0.4 is 26.6 Å². The highest BCUT2D eigenvalue weighted by molar-refractivity contribution is 7.80. The van der Waals surface area contributed by atoms with Gasteiger partial charge in [-0.15, -0.1) is 0 Å². The van der Waals surface area contributed by atoms with Gasteiger partial charge in [-0.2, -0.15) is 12.6 Å². The Morgan fingerprint density at radius 1 is 0.581 bits per heavy atom. The van der Waals surface area contributed by atoms with Crippen LogP contribution in [0.4, 0.5) is 4.79 Å². The summed E-state index contributed by atoms with van der Waals surface area (Å²) in [6.45, 7) is 16.9. The molecular formula is C30H57N5O7S. The van der Waals surface area contributed by atoms with E-state index in [1.807, 2.05) is 55.4 Å². The maximum Gasteiger partial charge on any atom is 0.405 e. The van der Waals surface area contributed by atoms with Crippen molar-refractivity contribution in [3.63, 3.8) is 0 Å². The molecule has 0 aliphatic heterocycles. The number of carboxylic acid groups (broad SMARTS) is 1. The van der Waals surface area contributed by atoms with Crippen molar-refractivity contribution in [3.05, 3.63) is 0 Å². The SMILES string of the molecule is CC(C)C[C@H](NC(=O)O)C(=O)N[C@@H](CCS)C(=O)N[C@@H](CC(C)C)[C@@H](O)C[C@@H](C)C(=O)N[C@@H](CC(C)C)C(=O)NC(C)C. The molecule has 0 aliphatic carbocycles. The fourth-order valence-corrected chi connectivity index (χ4v) is 4.92. The molecule has 43 heavy (non-hydrogen) atoms. The quantitative estimate of drug-likeness (QED) is 0.0948. The van der Waals surface area contributed by atoms with Gasteiger partial charge in [0.15, 0.2) is 0 Å². The first-order valence-corrected chi connectivity index (χ1v) is 16.0. The fourth-order valence-electron chi connectivity index (χ4n) is 4.66. The van der Waals surface area contributed by atoms with E-state index in [4.69, 9.17) is 5.11 Å². The smallest absolute Gasteiger partial charge is 0.405 e. The molecule has 6 atom stereocenters. The lowest BCUT2D eigenvalue weighted by Gasteiger charge is -2.30. The molecule has 12 nitrogen and oxygen atoms in total. The standard InChI is InChI=1S/C30H57N5O7S/c1-16(2)12-22(25(36)15-20(9)26(37)34-23(13-17(3)4)28(39)31-19(7)8)33-27(38)21(10-11-43)32-29(40)24(14-18(5)6)35-30(41)42/h16-25,35-36,43H,10-15H2,1-9H3,(H,31,39)(H,32,40)(H,33,38)(H,34,37)(H,41,42)/t20-,21+,22+,23+,24+,25+/m1/s1. The van der Waals surface area contributed by atoms with E-state index in [-0.39, 0.29) is 60.6 Å². The van der Waals surface area contributed by atoms with Crippen LogP contribution in [-0.4, -0.2) is 82.0 Å². The maximum atomic E-state index is 13.3. The largest absolute Gasteiger partial charge is 0.465 e. The highest BCUT2D eigenvalue weighted by Gasteiger charge is 2.32. The summed E-state index contributed by atoms with van der Waals surface area (Å²) in [5.41, 5.74) is 0. The van der Waals surface area contributed by atoms with Crippen molar-refractivity contribution >= 4 is 42.4 Å². The predicted octanol–water partition coefficient (Wildman–Crippen LogP) is 2.45. The van der Waals surface area contributed by atoms with Crippen molar-refractivity contribution in [2.45, 2.75) is 131 Å². The Morgan fingerprint density at radius 3 is 1.47 bits per heavy atom. The summed E-state index contributed by atoms with van der Waals surface area (Å²) < 4.78 is 0. The van der Waals surface area contributed by atoms with Gasteiger partial charge in [0.2, 0.25) is 23.6 Å². The van der Waals surface area contributed by atoms with Crippen LogP contribution in [0.25, 0.3) is 0 Å². The molecule has 0 aliphatic rings. The molecule has 0 aromatic rings. The average Bonchev–Trinajstić information content (AvgIpc) is 2.85. The first kappa shape index (κ1) is 40.5. The summed E-state index contributed by atoms with van der Waals surface area (Å²) in [4.78, 5) is 63.2. The van der Waals surface area contributed by atoms with Crippen LogP contribution in [-0.2, 0) is 19.2 Å². The number of hydrogen-bond acceptors (Lipinski definition) is 7. The Balaban J connectivity index is 5.64. The topological polar surface area (TPSA) is 186 Å². The minimum atomic E-state index is -1.34. The van der Waals surface area contributed by atoms with E-state index >= 15 is 0 Å². The Morgan fingerprint density at radius 2 is 1.02 bits per heavy atom. The molecule has 13 heteroatoms. The number of thiol groups is 1. The molecule has 0 saturated carbocycles. The summed E-state index contributed by atoms with van der Waals surface area (Å²) in [5.74, 6) is -1.90. The number of carbonyl (C=O) groups is 5. The van der Waals surface area contributed by atoms with Crippen molar-refractivity contribution < 1.29 is 34.2 Å². The summed E-state index contributed by atoms with van der Waals surface area (Å²) in [6.07, 6.45) is -1.09. The Labute approximate surface area is 263 Å². The van der Waals surface area contributed by atoms with Gasteiger partial charge in [0.1, 0.15) is 18.1 Å². The second-order valence-corrected chi connectivity index (χ2v) is 13.5. The lowest BCUT2D eigenvalue weighted by molar-refractivity contribution is -0.132. The van der Waals surface area contributed by atoms with Crippen LogP contribution >= 0.6 is 12.6 Å². The Kier molecular flexibility index (Phi) is 19.2. The van der Waals surface area contributed by atoms with Gasteiger partial charge >= 0.3 is 6.09 Å². The number of aliphatic hydroxyl groups is 1. The van der Waals surface area contributed by atoms with Gasteiger partial charge in [0, 0.05) is 12.0 Å². The molecule has 0 heterocycles. The van der Waals surface area contributed by atoms with Crippen LogP contribution in [0.3, 0.4) is 0 Å². The molecule has 0 aromatic carbocycles. The minimum absolute atomic E-state index is 0.0229. The highest BCUT2D eigenvalue weighted by Crippen LogP contribution is 2.17. The third-order valence-electron chi connectivity index (χ3n) is 6.70. The van der Waals surface area contributed by atoms with E-state index in [9.17, 15) is 29.1 Å². The average molecular weight is 632 g/mol. The molecule has 5 amide bonds. The summed E-state index contributed by atoms with van der Waals surface area (Å²) in [5, 5.41) is 33.7. The zero-order valence-electron chi connectivity index (χ0n) is 27.4. The monoisotopic (exact) mass is 631 g/mol. The zero-order valence-corrected chi connectivity index (χ0v) is 28.3. The van der Waals surface area contributed by atoms with E-state index < -0.39 is 54.1 Å². The second-order valence-electron chi connectivity index (χ2n) is 13.0. The Hall–Kier alpha value is -2.54.